The molecule has 1 aliphatic heterocycles. The van der Waals surface area contributed by atoms with Crippen molar-refractivity contribution in [1.82, 2.24) is 0 Å². The zero-order valence-corrected chi connectivity index (χ0v) is 10.3. The highest BCUT2D eigenvalue weighted by Gasteiger charge is 2.20. The number of primary amides is 1. The van der Waals surface area contributed by atoms with Crippen molar-refractivity contribution in [3.05, 3.63) is 29.8 Å². The largest absolute Gasteiger partial charge is 0.371 e. The van der Waals surface area contributed by atoms with E-state index in [9.17, 15) is 4.79 Å². The molecule has 0 saturated carbocycles. The van der Waals surface area contributed by atoms with E-state index >= 15 is 0 Å². The highest BCUT2D eigenvalue weighted by Crippen LogP contribution is 2.25. The van der Waals surface area contributed by atoms with Crippen molar-refractivity contribution in [2.24, 2.45) is 11.7 Å². The maximum atomic E-state index is 10.9. The van der Waals surface area contributed by atoms with E-state index in [2.05, 4.69) is 11.0 Å². The summed E-state index contributed by atoms with van der Waals surface area (Å²) in [4.78, 5) is 13.1. The molecule has 0 atom stereocenters. The van der Waals surface area contributed by atoms with Crippen LogP contribution >= 0.6 is 0 Å². The summed E-state index contributed by atoms with van der Waals surface area (Å²) in [5.41, 5.74) is 6.99. The molecule has 0 radical (unpaired) electrons. The normalized spacial score (nSPS) is 16.3. The molecule has 94 valence electrons. The Morgan fingerprint density at radius 2 is 2.17 bits per heavy atom. The van der Waals surface area contributed by atoms with Crippen molar-refractivity contribution in [2.75, 3.05) is 18.0 Å². The topological polar surface area (TPSA) is 70.1 Å². The van der Waals surface area contributed by atoms with E-state index in [0.29, 0.717) is 17.9 Å². The molecule has 1 heterocycles. The van der Waals surface area contributed by atoms with E-state index in [4.69, 9.17) is 11.0 Å². The Labute approximate surface area is 107 Å². The third kappa shape index (κ3) is 3.01. The quantitative estimate of drug-likeness (QED) is 0.877. The van der Waals surface area contributed by atoms with Gasteiger partial charge < -0.3 is 10.6 Å². The van der Waals surface area contributed by atoms with Gasteiger partial charge in [-0.1, -0.05) is 6.07 Å². The average molecular weight is 243 g/mol. The van der Waals surface area contributed by atoms with Crippen LogP contribution in [0.1, 0.15) is 24.8 Å². The summed E-state index contributed by atoms with van der Waals surface area (Å²) in [6.07, 6.45) is 2.46. The lowest BCUT2D eigenvalue weighted by Gasteiger charge is -2.33. The minimum Gasteiger partial charge on any atom is -0.371 e. The van der Waals surface area contributed by atoms with Crippen LogP contribution in [-0.2, 0) is 4.79 Å². The zero-order chi connectivity index (χ0) is 13.0. The predicted molar refractivity (Wildman–Crippen MR) is 69.9 cm³/mol. The number of rotatable bonds is 3. The Bertz CT molecular complexity index is 470. The van der Waals surface area contributed by atoms with Gasteiger partial charge in [-0.25, -0.2) is 0 Å². The molecule has 4 heteroatoms. The first-order chi connectivity index (χ1) is 8.69. The number of amides is 1. The van der Waals surface area contributed by atoms with Gasteiger partial charge in [0.2, 0.25) is 5.91 Å². The van der Waals surface area contributed by atoms with Crippen LogP contribution in [-0.4, -0.2) is 19.0 Å². The van der Waals surface area contributed by atoms with Crippen LogP contribution in [0.4, 0.5) is 5.69 Å². The van der Waals surface area contributed by atoms with Crippen LogP contribution in [0.25, 0.3) is 0 Å². The van der Waals surface area contributed by atoms with Crippen molar-refractivity contribution in [3.63, 3.8) is 0 Å². The zero-order valence-electron chi connectivity index (χ0n) is 10.3. The van der Waals surface area contributed by atoms with Gasteiger partial charge in [0.05, 0.1) is 11.6 Å². The Kier molecular flexibility index (Phi) is 3.83. The molecule has 18 heavy (non-hydrogen) atoms. The molecular formula is C14H17N3O. The molecule has 1 saturated heterocycles. The van der Waals surface area contributed by atoms with Crippen molar-refractivity contribution < 1.29 is 4.79 Å². The minimum absolute atomic E-state index is 0.208. The molecule has 1 aromatic carbocycles. The van der Waals surface area contributed by atoms with Crippen LogP contribution in [0.5, 0.6) is 0 Å². The first-order valence-electron chi connectivity index (χ1n) is 6.22. The van der Waals surface area contributed by atoms with E-state index < -0.39 is 0 Å². The number of piperidine rings is 1. The van der Waals surface area contributed by atoms with Gasteiger partial charge >= 0.3 is 0 Å². The molecule has 2 N–H and O–H groups in total. The second-order valence-electron chi connectivity index (χ2n) is 4.76. The van der Waals surface area contributed by atoms with Crippen molar-refractivity contribution in [1.29, 1.82) is 5.26 Å². The maximum absolute atomic E-state index is 10.9. The fourth-order valence-corrected chi connectivity index (χ4v) is 2.45. The van der Waals surface area contributed by atoms with Crippen LogP contribution in [0, 0.1) is 17.2 Å². The highest BCUT2D eigenvalue weighted by molar-refractivity contribution is 5.74. The molecule has 0 aliphatic carbocycles. The smallest absolute Gasteiger partial charge is 0.217 e. The lowest BCUT2D eigenvalue weighted by molar-refractivity contribution is -0.119. The van der Waals surface area contributed by atoms with E-state index in [1.54, 1.807) is 0 Å². The number of hydrogen-bond acceptors (Lipinski definition) is 3. The van der Waals surface area contributed by atoms with Crippen LogP contribution in [0.2, 0.25) is 0 Å². The van der Waals surface area contributed by atoms with Crippen molar-refractivity contribution in [3.8, 4) is 6.07 Å². The first kappa shape index (κ1) is 12.4. The molecule has 0 aromatic heterocycles. The van der Waals surface area contributed by atoms with Gasteiger partial charge in [0.1, 0.15) is 0 Å². The number of hydrogen-bond donors (Lipinski definition) is 1. The van der Waals surface area contributed by atoms with Crippen LogP contribution in [0.3, 0.4) is 0 Å². The molecule has 4 nitrogen and oxygen atoms in total. The Hall–Kier alpha value is -2.02. The second kappa shape index (κ2) is 5.54. The lowest BCUT2D eigenvalue weighted by Crippen LogP contribution is -2.35. The van der Waals surface area contributed by atoms with Gasteiger partial charge in [-0.3, -0.25) is 4.79 Å². The van der Waals surface area contributed by atoms with Gasteiger partial charge in [0.25, 0.3) is 0 Å². The van der Waals surface area contributed by atoms with E-state index in [1.165, 1.54) is 0 Å². The Morgan fingerprint density at radius 1 is 1.44 bits per heavy atom. The highest BCUT2D eigenvalue weighted by atomic mass is 16.1. The van der Waals surface area contributed by atoms with Crippen molar-refractivity contribution in [2.45, 2.75) is 19.3 Å². The summed E-state index contributed by atoms with van der Waals surface area (Å²) < 4.78 is 0. The summed E-state index contributed by atoms with van der Waals surface area (Å²) in [5.74, 6) is 0.206. The number of nitrogens with zero attached hydrogens (tertiary/aromatic N) is 2. The molecular weight excluding hydrogens is 226 g/mol. The molecule has 0 unspecified atom stereocenters. The Morgan fingerprint density at radius 3 is 2.78 bits per heavy atom. The van der Waals surface area contributed by atoms with Gasteiger partial charge in [0.15, 0.2) is 0 Å². The van der Waals surface area contributed by atoms with Gasteiger partial charge in [-0.05, 0) is 37.0 Å². The predicted octanol–water partition coefficient (Wildman–Crippen LogP) is 1.65. The van der Waals surface area contributed by atoms with Crippen molar-refractivity contribution >= 4 is 11.6 Å². The number of benzene rings is 1. The van der Waals surface area contributed by atoms with Gasteiger partial charge in [-0.15, -0.1) is 0 Å². The summed E-state index contributed by atoms with van der Waals surface area (Å²) in [7, 11) is 0. The molecule has 2 rings (SSSR count). The number of nitrogens with two attached hydrogens (primary N) is 1. The van der Waals surface area contributed by atoms with Crippen LogP contribution in [0.15, 0.2) is 24.3 Å². The SMILES string of the molecule is N#Cc1cccc(N2CCC(CC(N)=O)CC2)c1. The molecule has 1 aromatic rings. The molecule has 0 bridgehead atoms. The maximum Gasteiger partial charge on any atom is 0.217 e. The molecule has 0 spiro atoms. The van der Waals surface area contributed by atoms with Crippen LogP contribution < -0.4 is 10.6 Å². The standard InChI is InChI=1S/C14H17N3O/c15-10-12-2-1-3-13(8-12)17-6-4-11(5-7-17)9-14(16)18/h1-3,8,11H,4-7,9H2,(H2,16,18). The fourth-order valence-electron chi connectivity index (χ4n) is 2.45. The summed E-state index contributed by atoms with van der Waals surface area (Å²) in [6.45, 7) is 1.85. The first-order valence-corrected chi connectivity index (χ1v) is 6.22. The molecule has 1 aliphatic rings. The summed E-state index contributed by atoms with van der Waals surface area (Å²) in [5, 5.41) is 8.88. The molecule has 1 amide bonds. The third-order valence-electron chi connectivity index (χ3n) is 3.44. The number of anilines is 1. The second-order valence-corrected chi connectivity index (χ2v) is 4.76. The molecule has 1 fully saturated rings. The number of nitriles is 1. The summed E-state index contributed by atoms with van der Waals surface area (Å²) in [6, 6.07) is 9.80. The van der Waals surface area contributed by atoms with E-state index in [1.807, 2.05) is 24.3 Å². The monoisotopic (exact) mass is 243 g/mol. The fraction of sp³-hybridized carbons (Fsp3) is 0.429. The minimum atomic E-state index is -0.208. The average Bonchev–Trinajstić information content (AvgIpc) is 2.39. The summed E-state index contributed by atoms with van der Waals surface area (Å²) >= 11 is 0. The Balaban J connectivity index is 1.97. The van der Waals surface area contributed by atoms with E-state index in [0.717, 1.165) is 31.6 Å². The van der Waals surface area contributed by atoms with E-state index in [-0.39, 0.29) is 5.91 Å². The number of carbonyl (C=O) groups excluding carboxylic acids is 1. The third-order valence-corrected chi connectivity index (χ3v) is 3.44. The van der Waals surface area contributed by atoms with Gasteiger partial charge in [-0.2, -0.15) is 5.26 Å². The van der Waals surface area contributed by atoms with Gasteiger partial charge in [0, 0.05) is 25.2 Å². The lowest BCUT2D eigenvalue weighted by atomic mass is 9.93. The number of carbonyl (C=O) groups is 1.